The predicted octanol–water partition coefficient (Wildman–Crippen LogP) is 3.84. The Bertz CT molecular complexity index is 659. The Morgan fingerprint density at radius 2 is 1.93 bits per heavy atom. The van der Waals surface area contributed by atoms with Crippen molar-refractivity contribution in [3.05, 3.63) is 29.3 Å². The van der Waals surface area contributed by atoms with E-state index in [1.165, 1.54) is 5.56 Å². The van der Waals surface area contributed by atoms with Gasteiger partial charge in [0.25, 0.3) is 0 Å². The van der Waals surface area contributed by atoms with Crippen molar-refractivity contribution in [3.8, 4) is 5.75 Å². The van der Waals surface area contributed by atoms with Crippen LogP contribution < -0.4 is 15.4 Å². The number of carbonyl (C=O) groups is 1. The van der Waals surface area contributed by atoms with E-state index in [9.17, 15) is 4.79 Å². The van der Waals surface area contributed by atoms with Gasteiger partial charge in [-0.2, -0.15) is 0 Å². The molecule has 0 bridgehead atoms. The average molecular weight is 517 g/mol. The van der Waals surface area contributed by atoms with E-state index in [-0.39, 0.29) is 35.9 Å². The third kappa shape index (κ3) is 8.40. The van der Waals surface area contributed by atoms with Gasteiger partial charge >= 0.3 is 5.97 Å². The Hall–Kier alpha value is -1.51. The quantitative estimate of drug-likeness (QED) is 0.237. The Labute approximate surface area is 192 Å². The van der Waals surface area contributed by atoms with Crippen LogP contribution in [0.1, 0.15) is 50.7 Å². The number of esters is 1. The first-order chi connectivity index (χ1) is 13.6. The summed E-state index contributed by atoms with van der Waals surface area (Å²) in [5.74, 6) is 1.77. The van der Waals surface area contributed by atoms with Gasteiger partial charge in [-0.1, -0.05) is 12.1 Å². The molecule has 1 aromatic carbocycles. The molecule has 1 fully saturated rings. The number of methoxy groups -OCH3 is 1. The standard InChI is InChI=1S/C22H35N3O3.HI/c1-5-23-22(24-14-13-17-8-7-16(3)20(15-17)27-4)25-19-11-9-18(10-12-19)21(26)28-6-2;/h7-8,15,18-19H,5-6,9-14H2,1-4H3,(H2,23,24,25);1H. The van der Waals surface area contributed by atoms with Gasteiger partial charge in [-0.05, 0) is 70.1 Å². The van der Waals surface area contributed by atoms with Gasteiger partial charge in [0.1, 0.15) is 5.75 Å². The van der Waals surface area contributed by atoms with Crippen LogP contribution in [0, 0.1) is 12.8 Å². The van der Waals surface area contributed by atoms with Crippen LogP contribution in [0.15, 0.2) is 23.2 Å². The molecule has 0 atom stereocenters. The van der Waals surface area contributed by atoms with Crippen molar-refractivity contribution in [2.75, 3.05) is 26.8 Å². The summed E-state index contributed by atoms with van der Waals surface area (Å²) in [6.07, 6.45) is 4.53. The Balaban J connectivity index is 0.00000420. The molecule has 0 saturated heterocycles. The molecule has 1 saturated carbocycles. The summed E-state index contributed by atoms with van der Waals surface area (Å²) >= 11 is 0. The lowest BCUT2D eigenvalue weighted by atomic mass is 9.86. The second-order valence-corrected chi connectivity index (χ2v) is 7.26. The molecule has 0 heterocycles. The number of nitrogens with one attached hydrogen (secondary N) is 2. The minimum atomic E-state index is -0.0463. The fourth-order valence-corrected chi connectivity index (χ4v) is 3.56. The smallest absolute Gasteiger partial charge is 0.308 e. The van der Waals surface area contributed by atoms with E-state index in [2.05, 4.69) is 35.8 Å². The van der Waals surface area contributed by atoms with Crippen molar-refractivity contribution in [1.82, 2.24) is 10.6 Å². The average Bonchev–Trinajstić information content (AvgIpc) is 2.70. The van der Waals surface area contributed by atoms with E-state index in [0.717, 1.165) is 55.9 Å². The monoisotopic (exact) mass is 517 g/mol. The molecular weight excluding hydrogens is 481 g/mol. The summed E-state index contributed by atoms with van der Waals surface area (Å²) in [7, 11) is 1.70. The van der Waals surface area contributed by atoms with Crippen molar-refractivity contribution in [3.63, 3.8) is 0 Å². The van der Waals surface area contributed by atoms with Crippen LogP contribution in [0.2, 0.25) is 0 Å². The van der Waals surface area contributed by atoms with Gasteiger partial charge in [0.2, 0.25) is 0 Å². The minimum absolute atomic E-state index is 0. The van der Waals surface area contributed by atoms with Crippen LogP contribution in [-0.2, 0) is 16.0 Å². The lowest BCUT2D eigenvalue weighted by Crippen LogP contribution is -2.45. The third-order valence-electron chi connectivity index (χ3n) is 5.18. The zero-order valence-electron chi connectivity index (χ0n) is 18.1. The molecule has 6 nitrogen and oxygen atoms in total. The lowest BCUT2D eigenvalue weighted by Gasteiger charge is -2.29. The molecule has 0 unspecified atom stereocenters. The number of halogens is 1. The van der Waals surface area contributed by atoms with Crippen molar-refractivity contribution in [2.24, 2.45) is 10.9 Å². The van der Waals surface area contributed by atoms with Gasteiger partial charge in [0.05, 0.1) is 19.6 Å². The van der Waals surface area contributed by atoms with Crippen molar-refractivity contribution < 1.29 is 14.3 Å². The van der Waals surface area contributed by atoms with Gasteiger partial charge in [0, 0.05) is 19.1 Å². The number of benzene rings is 1. The summed E-state index contributed by atoms with van der Waals surface area (Å²) < 4.78 is 10.6. The number of hydrogen-bond donors (Lipinski definition) is 2. The number of ether oxygens (including phenoxy) is 2. The molecule has 2 N–H and O–H groups in total. The van der Waals surface area contributed by atoms with Gasteiger partial charge < -0.3 is 20.1 Å². The summed E-state index contributed by atoms with van der Waals surface area (Å²) in [6, 6.07) is 6.65. The maximum Gasteiger partial charge on any atom is 0.308 e. The molecule has 0 aliphatic heterocycles. The molecular formula is C22H36IN3O3. The molecule has 7 heteroatoms. The molecule has 1 aliphatic carbocycles. The van der Waals surface area contributed by atoms with E-state index in [4.69, 9.17) is 14.5 Å². The third-order valence-corrected chi connectivity index (χ3v) is 5.18. The number of hydrogen-bond acceptors (Lipinski definition) is 4. The zero-order chi connectivity index (χ0) is 20.4. The van der Waals surface area contributed by atoms with Gasteiger partial charge in [-0.25, -0.2) is 0 Å². The molecule has 0 radical (unpaired) electrons. The molecule has 2 rings (SSSR count). The Morgan fingerprint density at radius 1 is 1.21 bits per heavy atom. The summed E-state index contributed by atoms with van der Waals surface area (Å²) in [5, 5.41) is 6.85. The molecule has 29 heavy (non-hydrogen) atoms. The fraction of sp³-hybridized carbons (Fsp3) is 0.636. The Morgan fingerprint density at radius 3 is 2.55 bits per heavy atom. The highest BCUT2D eigenvalue weighted by Gasteiger charge is 2.27. The largest absolute Gasteiger partial charge is 0.496 e. The second kappa shape index (κ2) is 13.7. The molecule has 0 amide bonds. The highest BCUT2D eigenvalue weighted by molar-refractivity contribution is 14.0. The SMILES string of the molecule is CCNC(=NCCc1ccc(C)c(OC)c1)NC1CCC(C(=O)OCC)CC1.I. The zero-order valence-corrected chi connectivity index (χ0v) is 20.5. The van der Waals surface area contributed by atoms with Crippen LogP contribution >= 0.6 is 24.0 Å². The number of rotatable bonds is 8. The second-order valence-electron chi connectivity index (χ2n) is 7.26. The normalized spacial score (nSPS) is 19.1. The summed E-state index contributed by atoms with van der Waals surface area (Å²) in [6.45, 7) is 7.96. The highest BCUT2D eigenvalue weighted by Crippen LogP contribution is 2.25. The van der Waals surface area contributed by atoms with Crippen molar-refractivity contribution in [1.29, 1.82) is 0 Å². The summed E-state index contributed by atoms with van der Waals surface area (Å²) in [5.41, 5.74) is 2.36. The fourth-order valence-electron chi connectivity index (χ4n) is 3.56. The molecule has 1 aromatic rings. The van der Waals surface area contributed by atoms with Crippen molar-refractivity contribution in [2.45, 2.75) is 58.9 Å². The minimum Gasteiger partial charge on any atom is -0.496 e. The number of nitrogens with zero attached hydrogens (tertiary/aromatic N) is 1. The van der Waals surface area contributed by atoms with Crippen LogP contribution in [0.25, 0.3) is 0 Å². The maximum absolute atomic E-state index is 11.9. The molecule has 1 aliphatic rings. The molecule has 164 valence electrons. The number of guanidine groups is 1. The summed E-state index contributed by atoms with van der Waals surface area (Å²) in [4.78, 5) is 16.6. The first kappa shape index (κ1) is 25.5. The first-order valence-corrected chi connectivity index (χ1v) is 10.4. The molecule has 0 spiro atoms. The van der Waals surface area contributed by atoms with E-state index in [1.807, 2.05) is 13.8 Å². The van der Waals surface area contributed by atoms with Gasteiger partial charge in [-0.3, -0.25) is 9.79 Å². The maximum atomic E-state index is 11.9. The van der Waals surface area contributed by atoms with Crippen molar-refractivity contribution >= 4 is 35.9 Å². The van der Waals surface area contributed by atoms with E-state index in [1.54, 1.807) is 7.11 Å². The van der Waals surface area contributed by atoms with Crippen LogP contribution in [0.4, 0.5) is 0 Å². The van der Waals surface area contributed by atoms with Crippen LogP contribution in [0.3, 0.4) is 0 Å². The highest BCUT2D eigenvalue weighted by atomic mass is 127. The number of aliphatic imine (C=N–C) groups is 1. The number of carbonyl (C=O) groups excluding carboxylic acids is 1. The van der Waals surface area contributed by atoms with E-state index in [0.29, 0.717) is 19.2 Å². The predicted molar refractivity (Wildman–Crippen MR) is 128 cm³/mol. The lowest BCUT2D eigenvalue weighted by molar-refractivity contribution is -0.149. The van der Waals surface area contributed by atoms with Gasteiger partial charge in [-0.15, -0.1) is 24.0 Å². The molecule has 0 aromatic heterocycles. The topological polar surface area (TPSA) is 72.0 Å². The first-order valence-electron chi connectivity index (χ1n) is 10.4. The number of aryl methyl sites for hydroxylation is 1. The van der Waals surface area contributed by atoms with E-state index < -0.39 is 0 Å². The van der Waals surface area contributed by atoms with Crippen LogP contribution in [0.5, 0.6) is 5.75 Å². The van der Waals surface area contributed by atoms with E-state index >= 15 is 0 Å². The van der Waals surface area contributed by atoms with Gasteiger partial charge in [0.15, 0.2) is 5.96 Å². The Kier molecular flexibility index (Phi) is 12.0. The van der Waals surface area contributed by atoms with Crippen LogP contribution in [-0.4, -0.2) is 44.8 Å².